The molecule has 1 atom stereocenters. The molecule has 26 heavy (non-hydrogen) atoms. The van der Waals surface area contributed by atoms with Crippen molar-refractivity contribution >= 4 is 11.8 Å². The zero-order valence-corrected chi connectivity index (χ0v) is 16.5. The highest BCUT2D eigenvalue weighted by Gasteiger charge is 2.20. The summed E-state index contributed by atoms with van der Waals surface area (Å²) in [5, 5.41) is 13.1. The predicted octanol–water partition coefficient (Wildman–Crippen LogP) is 4.04. The molecule has 5 nitrogen and oxygen atoms in total. The average molecular weight is 354 g/mol. The van der Waals surface area contributed by atoms with Crippen LogP contribution in [0.2, 0.25) is 0 Å². The molecule has 0 aliphatic carbocycles. The Balaban J connectivity index is 1.88. The van der Waals surface area contributed by atoms with E-state index in [-0.39, 0.29) is 0 Å². The number of aromatic nitrogens is 2. The predicted molar refractivity (Wildman–Crippen MR) is 107 cm³/mol. The molecule has 0 fully saturated rings. The van der Waals surface area contributed by atoms with E-state index in [0.29, 0.717) is 17.9 Å². The molecule has 1 aliphatic heterocycles. The van der Waals surface area contributed by atoms with Gasteiger partial charge in [-0.05, 0) is 49.8 Å². The Morgan fingerprint density at radius 1 is 1.04 bits per heavy atom. The second-order valence-corrected chi connectivity index (χ2v) is 7.80. The SMILES string of the molecule is CC(C)Nc1nc(C(C)C)cc(N2CCc3cc([C@@H](C)O)ccc3C2)n1. The minimum Gasteiger partial charge on any atom is -0.389 e. The van der Waals surface area contributed by atoms with Crippen LogP contribution < -0.4 is 10.2 Å². The van der Waals surface area contributed by atoms with Crippen LogP contribution in [0.3, 0.4) is 0 Å². The van der Waals surface area contributed by atoms with Crippen LogP contribution >= 0.6 is 0 Å². The highest BCUT2D eigenvalue weighted by Crippen LogP contribution is 2.28. The van der Waals surface area contributed by atoms with Gasteiger partial charge in [-0.3, -0.25) is 0 Å². The first kappa shape index (κ1) is 18.6. The summed E-state index contributed by atoms with van der Waals surface area (Å²) in [6.07, 6.45) is 0.544. The molecule has 140 valence electrons. The Labute approximate surface area is 156 Å². The topological polar surface area (TPSA) is 61.3 Å². The van der Waals surface area contributed by atoms with Gasteiger partial charge in [0.15, 0.2) is 0 Å². The van der Waals surface area contributed by atoms with Gasteiger partial charge < -0.3 is 15.3 Å². The molecule has 5 heteroatoms. The van der Waals surface area contributed by atoms with Crippen LogP contribution in [0.15, 0.2) is 24.3 Å². The maximum Gasteiger partial charge on any atom is 0.225 e. The van der Waals surface area contributed by atoms with E-state index in [4.69, 9.17) is 4.98 Å². The highest BCUT2D eigenvalue weighted by molar-refractivity contribution is 5.49. The van der Waals surface area contributed by atoms with Crippen LogP contribution in [0.25, 0.3) is 0 Å². The summed E-state index contributed by atoms with van der Waals surface area (Å²) in [7, 11) is 0. The first-order chi connectivity index (χ1) is 12.3. The summed E-state index contributed by atoms with van der Waals surface area (Å²) in [6.45, 7) is 12.1. The van der Waals surface area contributed by atoms with Crippen LogP contribution in [0.5, 0.6) is 0 Å². The quantitative estimate of drug-likeness (QED) is 0.849. The van der Waals surface area contributed by atoms with Gasteiger partial charge in [0, 0.05) is 25.2 Å². The number of nitrogens with one attached hydrogen (secondary N) is 1. The number of fused-ring (bicyclic) bond motifs is 1. The number of nitrogens with zero attached hydrogens (tertiary/aromatic N) is 3. The summed E-state index contributed by atoms with van der Waals surface area (Å²) < 4.78 is 0. The average Bonchev–Trinajstić information content (AvgIpc) is 2.59. The second kappa shape index (κ2) is 7.62. The fourth-order valence-electron chi connectivity index (χ4n) is 3.26. The van der Waals surface area contributed by atoms with Crippen molar-refractivity contribution < 1.29 is 5.11 Å². The van der Waals surface area contributed by atoms with Gasteiger partial charge in [0.2, 0.25) is 5.95 Å². The third kappa shape index (κ3) is 4.15. The van der Waals surface area contributed by atoms with E-state index < -0.39 is 6.10 Å². The number of anilines is 2. The van der Waals surface area contributed by atoms with E-state index in [1.54, 1.807) is 0 Å². The lowest BCUT2D eigenvalue weighted by Crippen LogP contribution is -2.31. The summed E-state index contributed by atoms with van der Waals surface area (Å²) in [5.74, 6) is 2.05. The van der Waals surface area contributed by atoms with E-state index in [1.165, 1.54) is 11.1 Å². The van der Waals surface area contributed by atoms with E-state index in [0.717, 1.165) is 36.6 Å². The van der Waals surface area contributed by atoms with Crippen molar-refractivity contribution in [2.24, 2.45) is 0 Å². The Bertz CT molecular complexity index is 771. The van der Waals surface area contributed by atoms with E-state index in [9.17, 15) is 5.11 Å². The summed E-state index contributed by atoms with van der Waals surface area (Å²) in [5.41, 5.74) is 4.69. The van der Waals surface area contributed by atoms with Gasteiger partial charge in [0.1, 0.15) is 5.82 Å². The lowest BCUT2D eigenvalue weighted by Gasteiger charge is -2.31. The molecule has 0 saturated carbocycles. The van der Waals surface area contributed by atoms with Crippen molar-refractivity contribution in [1.82, 2.24) is 9.97 Å². The van der Waals surface area contributed by atoms with Crippen LogP contribution in [0.4, 0.5) is 11.8 Å². The minimum absolute atomic E-state index is 0.297. The third-order valence-electron chi connectivity index (χ3n) is 4.79. The smallest absolute Gasteiger partial charge is 0.225 e. The first-order valence-electron chi connectivity index (χ1n) is 9.53. The molecule has 0 radical (unpaired) electrons. The maximum absolute atomic E-state index is 9.81. The standard InChI is InChI=1S/C21H30N4O/c1-13(2)19-11-20(24-21(23-19)22-14(3)4)25-9-8-17-10-16(15(5)26)6-7-18(17)12-25/h6-7,10-11,13-15,26H,8-9,12H2,1-5H3,(H,22,23,24)/t15-/m1/s1. The molecule has 0 spiro atoms. The molecular weight excluding hydrogens is 324 g/mol. The summed E-state index contributed by atoms with van der Waals surface area (Å²) in [6, 6.07) is 8.72. The number of aliphatic hydroxyl groups is 1. The van der Waals surface area contributed by atoms with Crippen molar-refractivity contribution in [2.45, 2.75) is 65.6 Å². The monoisotopic (exact) mass is 354 g/mol. The molecule has 0 saturated heterocycles. The van der Waals surface area contributed by atoms with Gasteiger partial charge >= 0.3 is 0 Å². The van der Waals surface area contributed by atoms with Crippen molar-refractivity contribution in [3.05, 3.63) is 46.6 Å². The van der Waals surface area contributed by atoms with Gasteiger partial charge in [0.25, 0.3) is 0 Å². The van der Waals surface area contributed by atoms with Crippen LogP contribution in [0.1, 0.15) is 69.0 Å². The number of benzene rings is 1. The van der Waals surface area contributed by atoms with Gasteiger partial charge in [-0.1, -0.05) is 32.0 Å². The Hall–Kier alpha value is -2.14. The molecular formula is C21H30N4O. The summed E-state index contributed by atoms with van der Waals surface area (Å²) >= 11 is 0. The van der Waals surface area contributed by atoms with E-state index in [2.05, 4.69) is 61.1 Å². The molecule has 2 aromatic rings. The molecule has 0 amide bonds. The van der Waals surface area contributed by atoms with Crippen molar-refractivity contribution in [3.8, 4) is 0 Å². The van der Waals surface area contributed by atoms with Crippen LogP contribution in [-0.4, -0.2) is 27.7 Å². The van der Waals surface area contributed by atoms with Gasteiger partial charge in [-0.25, -0.2) is 4.98 Å². The highest BCUT2D eigenvalue weighted by atomic mass is 16.3. The fraction of sp³-hybridized carbons (Fsp3) is 0.524. The van der Waals surface area contributed by atoms with E-state index >= 15 is 0 Å². The van der Waals surface area contributed by atoms with Crippen molar-refractivity contribution in [1.29, 1.82) is 0 Å². The molecule has 3 rings (SSSR count). The molecule has 1 aliphatic rings. The van der Waals surface area contributed by atoms with Crippen LogP contribution in [-0.2, 0) is 13.0 Å². The van der Waals surface area contributed by atoms with Gasteiger partial charge in [0.05, 0.1) is 11.8 Å². The molecule has 0 bridgehead atoms. The minimum atomic E-state index is -0.418. The molecule has 0 unspecified atom stereocenters. The molecule has 1 aromatic carbocycles. The number of hydrogen-bond donors (Lipinski definition) is 2. The fourth-order valence-corrected chi connectivity index (χ4v) is 3.26. The molecule has 1 aromatic heterocycles. The largest absolute Gasteiger partial charge is 0.389 e. The lowest BCUT2D eigenvalue weighted by atomic mass is 9.95. The zero-order chi connectivity index (χ0) is 18.8. The number of rotatable bonds is 5. The van der Waals surface area contributed by atoms with Crippen LogP contribution in [0, 0.1) is 0 Å². The van der Waals surface area contributed by atoms with Crippen molar-refractivity contribution in [2.75, 3.05) is 16.8 Å². The Morgan fingerprint density at radius 3 is 2.46 bits per heavy atom. The number of hydrogen-bond acceptors (Lipinski definition) is 5. The van der Waals surface area contributed by atoms with Gasteiger partial charge in [-0.15, -0.1) is 0 Å². The summed E-state index contributed by atoms with van der Waals surface area (Å²) in [4.78, 5) is 11.8. The third-order valence-corrected chi connectivity index (χ3v) is 4.79. The van der Waals surface area contributed by atoms with Crippen molar-refractivity contribution in [3.63, 3.8) is 0 Å². The first-order valence-corrected chi connectivity index (χ1v) is 9.53. The zero-order valence-electron chi connectivity index (χ0n) is 16.5. The van der Waals surface area contributed by atoms with Gasteiger partial charge in [-0.2, -0.15) is 4.98 Å². The van der Waals surface area contributed by atoms with E-state index in [1.807, 2.05) is 13.0 Å². The number of aliphatic hydroxyl groups excluding tert-OH is 1. The molecule has 2 N–H and O–H groups in total. The maximum atomic E-state index is 9.81. The Kier molecular flexibility index (Phi) is 5.47. The normalized spacial score (nSPS) is 15.3. The lowest BCUT2D eigenvalue weighted by molar-refractivity contribution is 0.199. The Morgan fingerprint density at radius 2 is 1.81 bits per heavy atom. The molecule has 2 heterocycles. The second-order valence-electron chi connectivity index (χ2n) is 7.80.